The lowest BCUT2D eigenvalue weighted by atomic mass is 10.1. The Bertz CT molecular complexity index is 574. The molecule has 1 aromatic heterocycles. The summed E-state index contributed by atoms with van der Waals surface area (Å²) in [6.07, 6.45) is 0.549. The fourth-order valence-electron chi connectivity index (χ4n) is 1.79. The Morgan fingerprint density at radius 3 is 2.76 bits per heavy atom. The topological polar surface area (TPSA) is 61.2 Å². The van der Waals surface area contributed by atoms with Crippen LogP contribution in [0.3, 0.4) is 0 Å². The molecule has 1 atom stereocenters. The summed E-state index contributed by atoms with van der Waals surface area (Å²) in [6.45, 7) is 0. The first-order chi connectivity index (χ1) is 8.19. The minimum atomic E-state index is -0.975. The summed E-state index contributed by atoms with van der Waals surface area (Å²) in [6, 6.07) is 7.44. The number of nitrogens with zero attached hydrogens (tertiary/aromatic N) is 2. The van der Waals surface area contributed by atoms with E-state index in [1.165, 1.54) is 7.11 Å². The lowest BCUT2D eigenvalue weighted by Crippen LogP contribution is -2.19. The highest BCUT2D eigenvalue weighted by Crippen LogP contribution is 2.20. The van der Waals surface area contributed by atoms with Gasteiger partial charge >= 0.3 is 5.97 Å². The number of aryl methyl sites for hydroxylation is 1. The summed E-state index contributed by atoms with van der Waals surface area (Å²) < 4.78 is 6.31. The third-order valence-corrected chi connectivity index (χ3v) is 2.69. The van der Waals surface area contributed by atoms with E-state index in [1.807, 2.05) is 24.3 Å². The number of methoxy groups -OCH3 is 1. The second-order valence-corrected chi connectivity index (χ2v) is 3.65. The number of carbonyl (C=O) groups is 2. The van der Waals surface area contributed by atoms with Crippen molar-refractivity contribution in [3.05, 3.63) is 30.1 Å². The zero-order chi connectivity index (χ0) is 12.4. The van der Waals surface area contributed by atoms with Crippen molar-refractivity contribution in [1.29, 1.82) is 0 Å². The molecule has 0 fully saturated rings. The maximum Gasteiger partial charge on any atom is 0.323 e. The van der Waals surface area contributed by atoms with E-state index in [9.17, 15) is 9.59 Å². The number of esters is 1. The molecular weight excluding hydrogens is 220 g/mol. The van der Waals surface area contributed by atoms with Crippen LogP contribution in [0, 0.1) is 0 Å². The van der Waals surface area contributed by atoms with Gasteiger partial charge in [-0.3, -0.25) is 4.79 Å². The van der Waals surface area contributed by atoms with E-state index >= 15 is 0 Å². The van der Waals surface area contributed by atoms with E-state index in [0.29, 0.717) is 12.1 Å². The third kappa shape index (κ3) is 1.80. The third-order valence-electron chi connectivity index (χ3n) is 2.69. The summed E-state index contributed by atoms with van der Waals surface area (Å²) >= 11 is 0. The van der Waals surface area contributed by atoms with Crippen LogP contribution in [0.5, 0.6) is 0 Å². The Kier molecular flexibility index (Phi) is 2.91. The monoisotopic (exact) mass is 232 g/mol. The molecule has 1 heterocycles. The van der Waals surface area contributed by atoms with Crippen molar-refractivity contribution < 1.29 is 14.3 Å². The number of rotatable bonds is 3. The Morgan fingerprint density at radius 1 is 1.47 bits per heavy atom. The first kappa shape index (κ1) is 11.3. The number of para-hydroxylation sites is 2. The van der Waals surface area contributed by atoms with Gasteiger partial charge in [-0.25, -0.2) is 4.98 Å². The summed E-state index contributed by atoms with van der Waals surface area (Å²) in [4.78, 5) is 26.7. The van der Waals surface area contributed by atoms with Gasteiger partial charge in [0.2, 0.25) is 0 Å². The SMILES string of the molecule is COC(=O)C(C=O)c1nc2ccccc2n1C. The molecule has 0 N–H and O–H groups in total. The van der Waals surface area contributed by atoms with Gasteiger partial charge in [0.25, 0.3) is 0 Å². The zero-order valence-electron chi connectivity index (χ0n) is 9.58. The predicted molar refractivity (Wildman–Crippen MR) is 61.5 cm³/mol. The van der Waals surface area contributed by atoms with E-state index < -0.39 is 11.9 Å². The van der Waals surface area contributed by atoms with Gasteiger partial charge in [-0.05, 0) is 12.1 Å². The first-order valence-corrected chi connectivity index (χ1v) is 5.13. The van der Waals surface area contributed by atoms with Crippen LogP contribution >= 0.6 is 0 Å². The Labute approximate surface area is 98.0 Å². The Morgan fingerprint density at radius 2 is 2.18 bits per heavy atom. The van der Waals surface area contributed by atoms with Gasteiger partial charge < -0.3 is 14.1 Å². The predicted octanol–water partition coefficient (Wildman–Crippen LogP) is 1.03. The van der Waals surface area contributed by atoms with Crippen molar-refractivity contribution in [2.45, 2.75) is 5.92 Å². The fourth-order valence-corrected chi connectivity index (χ4v) is 1.79. The molecule has 0 saturated heterocycles. The normalized spacial score (nSPS) is 12.4. The highest BCUT2D eigenvalue weighted by atomic mass is 16.5. The summed E-state index contributed by atoms with van der Waals surface area (Å²) in [5.74, 6) is -1.18. The molecule has 2 rings (SSSR count). The maximum atomic E-state index is 11.5. The van der Waals surface area contributed by atoms with E-state index in [-0.39, 0.29) is 0 Å². The number of carbonyl (C=O) groups excluding carboxylic acids is 2. The van der Waals surface area contributed by atoms with E-state index in [4.69, 9.17) is 0 Å². The minimum absolute atomic E-state index is 0.396. The summed E-state index contributed by atoms with van der Waals surface area (Å²) in [7, 11) is 3.02. The number of aromatic nitrogens is 2. The van der Waals surface area contributed by atoms with Gasteiger partial charge in [0.15, 0.2) is 5.92 Å². The van der Waals surface area contributed by atoms with Gasteiger partial charge in [0.1, 0.15) is 12.1 Å². The lowest BCUT2D eigenvalue weighted by Gasteiger charge is -2.07. The molecule has 1 unspecified atom stereocenters. The number of imidazole rings is 1. The van der Waals surface area contributed by atoms with Crippen LogP contribution in [-0.4, -0.2) is 28.9 Å². The highest BCUT2D eigenvalue weighted by molar-refractivity contribution is 5.94. The van der Waals surface area contributed by atoms with Crippen molar-refractivity contribution in [3.8, 4) is 0 Å². The molecule has 0 spiro atoms. The summed E-state index contributed by atoms with van der Waals surface area (Å²) in [5, 5.41) is 0. The molecular formula is C12H12N2O3. The molecule has 88 valence electrons. The van der Waals surface area contributed by atoms with Crippen molar-refractivity contribution >= 4 is 23.3 Å². The van der Waals surface area contributed by atoms with E-state index in [1.54, 1.807) is 11.6 Å². The molecule has 0 aliphatic heterocycles. The van der Waals surface area contributed by atoms with E-state index in [2.05, 4.69) is 9.72 Å². The van der Waals surface area contributed by atoms with Crippen molar-refractivity contribution in [2.24, 2.45) is 7.05 Å². The van der Waals surface area contributed by atoms with Gasteiger partial charge in [-0.2, -0.15) is 0 Å². The minimum Gasteiger partial charge on any atom is -0.468 e. The van der Waals surface area contributed by atoms with E-state index in [0.717, 1.165) is 11.0 Å². The number of aldehydes is 1. The van der Waals surface area contributed by atoms with Gasteiger partial charge in [-0.1, -0.05) is 12.1 Å². The molecule has 17 heavy (non-hydrogen) atoms. The number of ether oxygens (including phenoxy) is 1. The van der Waals surface area contributed by atoms with Crippen LogP contribution in [0.1, 0.15) is 11.7 Å². The Hall–Kier alpha value is -2.17. The van der Waals surface area contributed by atoms with Crippen LogP contribution < -0.4 is 0 Å². The highest BCUT2D eigenvalue weighted by Gasteiger charge is 2.26. The van der Waals surface area contributed by atoms with Crippen LogP contribution in [0.2, 0.25) is 0 Å². The van der Waals surface area contributed by atoms with Crippen LogP contribution in [0.25, 0.3) is 11.0 Å². The van der Waals surface area contributed by atoms with Crippen molar-refractivity contribution in [2.75, 3.05) is 7.11 Å². The second kappa shape index (κ2) is 4.37. The molecule has 0 amide bonds. The number of hydrogen-bond donors (Lipinski definition) is 0. The van der Waals surface area contributed by atoms with Crippen LogP contribution in [-0.2, 0) is 21.4 Å². The van der Waals surface area contributed by atoms with Crippen molar-refractivity contribution in [3.63, 3.8) is 0 Å². The summed E-state index contributed by atoms with van der Waals surface area (Å²) in [5.41, 5.74) is 1.62. The fraction of sp³-hybridized carbons (Fsp3) is 0.250. The molecule has 0 aliphatic rings. The average Bonchev–Trinajstić information content (AvgIpc) is 2.68. The van der Waals surface area contributed by atoms with Gasteiger partial charge in [0, 0.05) is 7.05 Å². The van der Waals surface area contributed by atoms with Crippen LogP contribution in [0.15, 0.2) is 24.3 Å². The number of fused-ring (bicyclic) bond motifs is 1. The Balaban J connectivity index is 2.58. The lowest BCUT2D eigenvalue weighted by molar-refractivity contribution is -0.143. The molecule has 0 radical (unpaired) electrons. The van der Waals surface area contributed by atoms with Crippen molar-refractivity contribution in [1.82, 2.24) is 9.55 Å². The molecule has 2 aromatic rings. The maximum absolute atomic E-state index is 11.5. The second-order valence-electron chi connectivity index (χ2n) is 3.65. The first-order valence-electron chi connectivity index (χ1n) is 5.13. The average molecular weight is 232 g/mol. The smallest absolute Gasteiger partial charge is 0.323 e. The quantitative estimate of drug-likeness (QED) is 0.450. The van der Waals surface area contributed by atoms with Gasteiger partial charge in [0.05, 0.1) is 18.1 Å². The van der Waals surface area contributed by atoms with Gasteiger partial charge in [-0.15, -0.1) is 0 Å². The molecule has 0 aliphatic carbocycles. The van der Waals surface area contributed by atoms with Crippen LogP contribution in [0.4, 0.5) is 0 Å². The molecule has 5 nitrogen and oxygen atoms in total. The molecule has 1 aromatic carbocycles. The largest absolute Gasteiger partial charge is 0.468 e. The molecule has 0 saturated carbocycles. The number of benzene rings is 1. The standard InChI is InChI=1S/C12H12N2O3/c1-14-10-6-4-3-5-9(10)13-11(14)8(7-15)12(16)17-2/h3-8H,1-2H3. The molecule has 0 bridgehead atoms. The molecule has 5 heteroatoms. The number of hydrogen-bond acceptors (Lipinski definition) is 4. The zero-order valence-corrected chi connectivity index (χ0v) is 9.58.